The summed E-state index contributed by atoms with van der Waals surface area (Å²) in [5.74, 6) is -0.759. The molecule has 0 aliphatic carbocycles. The lowest BCUT2D eigenvalue weighted by Crippen LogP contribution is -2.14. The summed E-state index contributed by atoms with van der Waals surface area (Å²) >= 11 is 7.17. The first-order valence-corrected chi connectivity index (χ1v) is 8.42. The van der Waals surface area contributed by atoms with Crippen molar-refractivity contribution < 1.29 is 12.8 Å². The number of anilines is 1. The van der Waals surface area contributed by atoms with Crippen LogP contribution in [0.2, 0.25) is 5.02 Å². The summed E-state index contributed by atoms with van der Waals surface area (Å²) in [5, 5.41) is 6.13. The van der Waals surface area contributed by atoms with Gasteiger partial charge in [0, 0.05) is 11.9 Å². The number of sulfonamides is 1. The lowest BCUT2D eigenvalue weighted by atomic mass is 10.2. The van der Waals surface area contributed by atoms with Crippen LogP contribution in [0.5, 0.6) is 0 Å². The first-order chi connectivity index (χ1) is 9.44. The van der Waals surface area contributed by atoms with E-state index in [2.05, 4.69) is 10.0 Å². The molecule has 2 aromatic rings. The molecule has 2 N–H and O–H groups in total. The minimum absolute atomic E-state index is 0.0752. The van der Waals surface area contributed by atoms with Gasteiger partial charge in [0.15, 0.2) is 0 Å². The highest BCUT2D eigenvalue weighted by atomic mass is 35.5. The highest BCUT2D eigenvalue weighted by molar-refractivity contribution is 7.92. The Bertz CT molecular complexity index is 702. The summed E-state index contributed by atoms with van der Waals surface area (Å²) in [7, 11) is -2.17. The fraction of sp³-hybridized carbons (Fsp3) is 0.167. The smallest absolute Gasteiger partial charge is 0.262 e. The second kappa shape index (κ2) is 6.09. The summed E-state index contributed by atoms with van der Waals surface area (Å²) in [6.07, 6.45) is 0. The molecule has 108 valence electrons. The number of rotatable bonds is 5. The Kier molecular flexibility index (Phi) is 4.64. The summed E-state index contributed by atoms with van der Waals surface area (Å²) in [4.78, 5) is -0.157. The number of benzene rings is 1. The fourth-order valence-electron chi connectivity index (χ4n) is 1.63. The Morgan fingerprint density at radius 3 is 2.75 bits per heavy atom. The molecular formula is C12H12ClFN2O2S2. The molecule has 1 aromatic heterocycles. The molecule has 20 heavy (non-hydrogen) atoms. The molecule has 0 bridgehead atoms. The molecule has 1 heterocycles. The number of halogens is 2. The second-order valence-corrected chi connectivity index (χ2v) is 6.87. The maximum atomic E-state index is 13.7. The van der Waals surface area contributed by atoms with Crippen LogP contribution < -0.4 is 10.0 Å². The Morgan fingerprint density at radius 2 is 2.15 bits per heavy atom. The van der Waals surface area contributed by atoms with E-state index in [0.29, 0.717) is 11.3 Å². The van der Waals surface area contributed by atoms with Gasteiger partial charge in [0.2, 0.25) is 0 Å². The molecule has 0 fully saturated rings. The van der Waals surface area contributed by atoms with E-state index in [1.165, 1.54) is 17.4 Å². The fourth-order valence-corrected chi connectivity index (χ4v) is 3.58. The van der Waals surface area contributed by atoms with Gasteiger partial charge < -0.3 is 5.32 Å². The van der Waals surface area contributed by atoms with E-state index in [1.54, 1.807) is 23.9 Å². The summed E-state index contributed by atoms with van der Waals surface area (Å²) in [6, 6.07) is 3.90. The Hall–Kier alpha value is -1.15. The van der Waals surface area contributed by atoms with Crippen molar-refractivity contribution in [2.45, 2.75) is 11.4 Å². The van der Waals surface area contributed by atoms with Crippen LogP contribution >= 0.6 is 22.9 Å². The van der Waals surface area contributed by atoms with Crippen molar-refractivity contribution in [2.75, 3.05) is 11.8 Å². The van der Waals surface area contributed by atoms with E-state index in [-0.39, 0.29) is 16.5 Å². The van der Waals surface area contributed by atoms with Crippen molar-refractivity contribution in [3.05, 3.63) is 45.4 Å². The van der Waals surface area contributed by atoms with Crippen molar-refractivity contribution in [3.63, 3.8) is 0 Å². The third-order valence-corrected chi connectivity index (χ3v) is 5.00. The van der Waals surface area contributed by atoms with Crippen LogP contribution in [0.4, 0.5) is 10.1 Å². The average Bonchev–Trinajstić information content (AvgIpc) is 2.87. The van der Waals surface area contributed by atoms with Crippen LogP contribution in [0.25, 0.3) is 0 Å². The van der Waals surface area contributed by atoms with E-state index < -0.39 is 15.8 Å². The highest BCUT2D eigenvalue weighted by Gasteiger charge is 2.19. The van der Waals surface area contributed by atoms with Gasteiger partial charge >= 0.3 is 0 Å². The third-order valence-electron chi connectivity index (χ3n) is 2.53. The summed E-state index contributed by atoms with van der Waals surface area (Å²) in [5.41, 5.74) is 0.834. The summed E-state index contributed by atoms with van der Waals surface area (Å²) < 4.78 is 40.5. The van der Waals surface area contributed by atoms with Crippen molar-refractivity contribution >= 4 is 38.6 Å². The SMILES string of the molecule is CNCc1cc(S(=O)(=O)Nc2ccsc2)cc(F)c1Cl. The van der Waals surface area contributed by atoms with E-state index in [4.69, 9.17) is 11.6 Å². The van der Waals surface area contributed by atoms with Gasteiger partial charge in [-0.3, -0.25) is 4.72 Å². The Labute approximate surface area is 125 Å². The molecule has 1 aromatic carbocycles. The van der Waals surface area contributed by atoms with Crippen LogP contribution in [-0.2, 0) is 16.6 Å². The zero-order valence-electron chi connectivity index (χ0n) is 10.5. The normalized spacial score (nSPS) is 11.6. The molecule has 0 spiro atoms. The van der Waals surface area contributed by atoms with Gasteiger partial charge in [-0.1, -0.05) is 11.6 Å². The van der Waals surface area contributed by atoms with Crippen LogP contribution in [0, 0.1) is 5.82 Å². The number of nitrogens with one attached hydrogen (secondary N) is 2. The zero-order valence-corrected chi connectivity index (χ0v) is 12.9. The molecule has 0 unspecified atom stereocenters. The highest BCUT2D eigenvalue weighted by Crippen LogP contribution is 2.26. The van der Waals surface area contributed by atoms with Gasteiger partial charge in [0.05, 0.1) is 15.6 Å². The molecular weight excluding hydrogens is 323 g/mol. The van der Waals surface area contributed by atoms with E-state index in [0.717, 1.165) is 6.07 Å². The molecule has 8 heteroatoms. The molecule has 0 saturated carbocycles. The van der Waals surface area contributed by atoms with E-state index in [1.807, 2.05) is 0 Å². The second-order valence-electron chi connectivity index (χ2n) is 4.03. The molecule has 0 aliphatic heterocycles. The molecule has 0 aliphatic rings. The summed E-state index contributed by atoms with van der Waals surface area (Å²) in [6.45, 7) is 0.275. The third kappa shape index (κ3) is 3.29. The largest absolute Gasteiger partial charge is 0.316 e. The van der Waals surface area contributed by atoms with Gasteiger partial charge in [-0.15, -0.1) is 0 Å². The number of thiophene rings is 1. The lowest BCUT2D eigenvalue weighted by molar-refractivity contribution is 0.594. The van der Waals surface area contributed by atoms with E-state index >= 15 is 0 Å². The minimum Gasteiger partial charge on any atom is -0.316 e. The first-order valence-electron chi connectivity index (χ1n) is 5.61. The molecule has 0 saturated heterocycles. The molecule has 0 radical (unpaired) electrons. The Morgan fingerprint density at radius 1 is 1.40 bits per heavy atom. The minimum atomic E-state index is -3.83. The van der Waals surface area contributed by atoms with Gasteiger partial charge in [0.25, 0.3) is 10.0 Å². The molecule has 4 nitrogen and oxygen atoms in total. The molecule has 0 amide bonds. The van der Waals surface area contributed by atoms with Crippen LogP contribution in [0.15, 0.2) is 33.9 Å². The topological polar surface area (TPSA) is 58.2 Å². The zero-order chi connectivity index (χ0) is 14.8. The maximum absolute atomic E-state index is 13.7. The number of hydrogen-bond donors (Lipinski definition) is 2. The van der Waals surface area contributed by atoms with Crippen LogP contribution in [0.1, 0.15) is 5.56 Å². The van der Waals surface area contributed by atoms with Gasteiger partial charge in [-0.05, 0) is 36.2 Å². The van der Waals surface area contributed by atoms with Crippen LogP contribution in [0.3, 0.4) is 0 Å². The van der Waals surface area contributed by atoms with Crippen molar-refractivity contribution in [1.29, 1.82) is 0 Å². The van der Waals surface area contributed by atoms with Gasteiger partial charge in [0.1, 0.15) is 5.82 Å². The standard InChI is InChI=1S/C12H12ClFN2O2S2/c1-15-6-8-4-10(5-11(14)12(8)13)20(17,18)16-9-2-3-19-7-9/h2-5,7,15-16H,6H2,1H3. The first kappa shape index (κ1) is 15.2. The van der Waals surface area contributed by atoms with Crippen molar-refractivity contribution in [2.24, 2.45) is 0 Å². The number of hydrogen-bond acceptors (Lipinski definition) is 4. The van der Waals surface area contributed by atoms with Gasteiger partial charge in [-0.2, -0.15) is 11.3 Å². The molecule has 2 rings (SSSR count). The Balaban J connectivity index is 2.41. The lowest BCUT2D eigenvalue weighted by Gasteiger charge is -2.10. The monoisotopic (exact) mass is 334 g/mol. The predicted molar refractivity (Wildman–Crippen MR) is 79.3 cm³/mol. The molecule has 0 atom stereocenters. The van der Waals surface area contributed by atoms with Gasteiger partial charge in [-0.25, -0.2) is 12.8 Å². The quantitative estimate of drug-likeness (QED) is 0.883. The average molecular weight is 335 g/mol. The predicted octanol–water partition coefficient (Wildman–Crippen LogP) is 3.06. The van der Waals surface area contributed by atoms with E-state index in [9.17, 15) is 12.8 Å². The van der Waals surface area contributed by atoms with Crippen molar-refractivity contribution in [3.8, 4) is 0 Å². The maximum Gasteiger partial charge on any atom is 0.262 e. The van der Waals surface area contributed by atoms with Crippen molar-refractivity contribution in [1.82, 2.24) is 5.32 Å². The van der Waals surface area contributed by atoms with Crippen LogP contribution in [-0.4, -0.2) is 15.5 Å².